The molecule has 0 fully saturated rings. The molecule has 8 nitrogen and oxygen atoms in total. The molecule has 2 N–H and O–H groups in total. The second-order valence-corrected chi connectivity index (χ2v) is 9.23. The minimum Gasteiger partial charge on any atom is -0.408 e. The van der Waals surface area contributed by atoms with Crippen LogP contribution in [0.5, 0.6) is 0 Å². The van der Waals surface area contributed by atoms with Crippen molar-refractivity contribution in [2.75, 3.05) is 16.2 Å². The van der Waals surface area contributed by atoms with Crippen molar-refractivity contribution >= 4 is 38.4 Å². The van der Waals surface area contributed by atoms with Crippen LogP contribution in [0.1, 0.15) is 22.3 Å². The summed E-state index contributed by atoms with van der Waals surface area (Å²) in [6.45, 7) is 0.557. The minimum absolute atomic E-state index is 0.0167. The Morgan fingerprint density at radius 1 is 1.03 bits per heavy atom. The Kier molecular flexibility index (Phi) is 4.82. The number of H-pyrrole nitrogens is 1. The first kappa shape index (κ1) is 20.1. The molecule has 3 aromatic carbocycles. The van der Waals surface area contributed by atoms with E-state index < -0.39 is 15.8 Å². The van der Waals surface area contributed by atoms with Crippen molar-refractivity contribution < 1.29 is 17.6 Å². The highest BCUT2D eigenvalue weighted by Crippen LogP contribution is 2.32. The first-order chi connectivity index (χ1) is 15.4. The van der Waals surface area contributed by atoms with Crippen LogP contribution in [0.25, 0.3) is 11.1 Å². The van der Waals surface area contributed by atoms with Crippen LogP contribution in [0, 0.1) is 0 Å². The average molecular weight is 449 g/mol. The van der Waals surface area contributed by atoms with Crippen molar-refractivity contribution in [1.29, 1.82) is 0 Å². The number of aromatic amines is 1. The average Bonchev–Trinajstić information content (AvgIpc) is 3.18. The molecule has 1 aromatic heterocycles. The third kappa shape index (κ3) is 3.67. The fourth-order valence-electron chi connectivity index (χ4n) is 3.90. The second-order valence-electron chi connectivity index (χ2n) is 7.55. The quantitative estimate of drug-likeness (QED) is 0.495. The molecule has 2 heterocycles. The van der Waals surface area contributed by atoms with E-state index in [1.165, 1.54) is 18.2 Å². The molecule has 0 atom stereocenters. The SMILES string of the molecule is O=C(c1ccccc1)N1CCCc2ccc(NS(=O)(=O)c3ccc4oc(=O)[nH]c4c3)cc21. The molecule has 162 valence electrons. The smallest absolute Gasteiger partial charge is 0.408 e. The number of hydrogen-bond donors (Lipinski definition) is 2. The van der Waals surface area contributed by atoms with E-state index in [2.05, 4.69) is 9.71 Å². The van der Waals surface area contributed by atoms with Crippen LogP contribution in [0.3, 0.4) is 0 Å². The van der Waals surface area contributed by atoms with Crippen LogP contribution in [0.2, 0.25) is 0 Å². The molecule has 1 aliphatic heterocycles. The molecule has 5 rings (SSSR count). The minimum atomic E-state index is -3.93. The van der Waals surface area contributed by atoms with E-state index in [1.807, 2.05) is 24.3 Å². The molecule has 4 aromatic rings. The van der Waals surface area contributed by atoms with Crippen molar-refractivity contribution in [3.63, 3.8) is 0 Å². The highest BCUT2D eigenvalue weighted by Gasteiger charge is 2.25. The lowest BCUT2D eigenvalue weighted by molar-refractivity contribution is 0.0985. The summed E-state index contributed by atoms with van der Waals surface area (Å²) < 4.78 is 33.4. The monoisotopic (exact) mass is 449 g/mol. The normalized spacial score (nSPS) is 13.7. The van der Waals surface area contributed by atoms with Crippen LogP contribution in [-0.4, -0.2) is 25.9 Å². The van der Waals surface area contributed by atoms with E-state index in [-0.39, 0.29) is 16.4 Å². The molecule has 0 aliphatic carbocycles. The molecule has 0 radical (unpaired) electrons. The summed E-state index contributed by atoms with van der Waals surface area (Å²) in [5.74, 6) is -0.777. The molecule has 0 bridgehead atoms. The van der Waals surface area contributed by atoms with Gasteiger partial charge in [0.2, 0.25) is 0 Å². The number of nitrogens with one attached hydrogen (secondary N) is 2. The Morgan fingerprint density at radius 3 is 2.66 bits per heavy atom. The Morgan fingerprint density at radius 2 is 1.84 bits per heavy atom. The van der Waals surface area contributed by atoms with Gasteiger partial charge in [-0.25, -0.2) is 13.2 Å². The summed E-state index contributed by atoms with van der Waals surface area (Å²) in [5.41, 5.74) is 3.17. The largest absolute Gasteiger partial charge is 0.417 e. The van der Waals surface area contributed by atoms with Crippen molar-refractivity contribution in [2.24, 2.45) is 0 Å². The van der Waals surface area contributed by atoms with Gasteiger partial charge in [-0.1, -0.05) is 24.3 Å². The van der Waals surface area contributed by atoms with E-state index in [0.717, 1.165) is 18.4 Å². The fraction of sp³-hybridized carbons (Fsp3) is 0.130. The molecule has 32 heavy (non-hydrogen) atoms. The number of benzene rings is 3. The zero-order valence-corrected chi connectivity index (χ0v) is 17.7. The van der Waals surface area contributed by atoms with Crippen LogP contribution >= 0.6 is 0 Å². The number of fused-ring (bicyclic) bond motifs is 2. The molecule has 1 amide bonds. The van der Waals surface area contributed by atoms with Gasteiger partial charge < -0.3 is 9.32 Å². The zero-order chi connectivity index (χ0) is 22.3. The summed E-state index contributed by atoms with van der Waals surface area (Å²) in [6.07, 6.45) is 1.64. The lowest BCUT2D eigenvalue weighted by atomic mass is 10.00. The number of aryl methyl sites for hydroxylation is 1. The predicted octanol–water partition coefficient (Wildman–Crippen LogP) is 3.51. The summed E-state index contributed by atoms with van der Waals surface area (Å²) in [5, 5.41) is 0. The summed E-state index contributed by atoms with van der Waals surface area (Å²) in [7, 11) is -3.93. The maximum Gasteiger partial charge on any atom is 0.417 e. The van der Waals surface area contributed by atoms with Gasteiger partial charge in [0.15, 0.2) is 5.58 Å². The van der Waals surface area contributed by atoms with Gasteiger partial charge in [0.05, 0.1) is 16.1 Å². The Balaban J connectivity index is 1.47. The lowest BCUT2D eigenvalue weighted by Gasteiger charge is -2.30. The molecular formula is C23H19N3O5S. The lowest BCUT2D eigenvalue weighted by Crippen LogP contribution is -2.35. The summed E-state index contributed by atoms with van der Waals surface area (Å²) >= 11 is 0. The highest BCUT2D eigenvalue weighted by molar-refractivity contribution is 7.92. The number of anilines is 2. The van der Waals surface area contributed by atoms with E-state index in [9.17, 15) is 18.0 Å². The Bertz CT molecular complexity index is 1490. The number of aromatic nitrogens is 1. The van der Waals surface area contributed by atoms with Crippen LogP contribution in [-0.2, 0) is 16.4 Å². The number of nitrogens with zero attached hydrogens (tertiary/aromatic N) is 1. The van der Waals surface area contributed by atoms with E-state index in [0.29, 0.717) is 29.0 Å². The van der Waals surface area contributed by atoms with Crippen LogP contribution < -0.4 is 15.4 Å². The number of sulfonamides is 1. The summed E-state index contributed by atoms with van der Waals surface area (Å²) in [4.78, 5) is 28.5. The number of carbonyl (C=O) groups is 1. The molecule has 0 unspecified atom stereocenters. The first-order valence-electron chi connectivity index (χ1n) is 10.1. The molecule has 9 heteroatoms. The number of carbonyl (C=O) groups excluding carboxylic acids is 1. The van der Waals surface area contributed by atoms with Gasteiger partial charge in [0, 0.05) is 17.8 Å². The van der Waals surface area contributed by atoms with E-state index in [4.69, 9.17) is 4.42 Å². The van der Waals surface area contributed by atoms with Gasteiger partial charge >= 0.3 is 5.76 Å². The van der Waals surface area contributed by atoms with Gasteiger partial charge in [0.25, 0.3) is 15.9 Å². The Hall–Kier alpha value is -3.85. The van der Waals surface area contributed by atoms with E-state index in [1.54, 1.807) is 29.2 Å². The van der Waals surface area contributed by atoms with Gasteiger partial charge in [-0.2, -0.15) is 0 Å². The number of rotatable bonds is 4. The van der Waals surface area contributed by atoms with Crippen LogP contribution in [0.15, 0.2) is 80.8 Å². The molecule has 0 saturated carbocycles. The van der Waals surface area contributed by atoms with Gasteiger partial charge in [-0.05, 0) is 60.9 Å². The number of oxazole rings is 1. The van der Waals surface area contributed by atoms with Gasteiger partial charge in [-0.3, -0.25) is 14.5 Å². The van der Waals surface area contributed by atoms with Crippen molar-refractivity contribution in [3.05, 3.63) is 88.4 Å². The van der Waals surface area contributed by atoms with Crippen molar-refractivity contribution in [1.82, 2.24) is 4.98 Å². The second kappa shape index (κ2) is 7.69. The Labute approximate surface area is 183 Å². The van der Waals surface area contributed by atoms with Crippen LogP contribution in [0.4, 0.5) is 11.4 Å². The third-order valence-corrected chi connectivity index (χ3v) is 6.80. The van der Waals surface area contributed by atoms with Gasteiger partial charge in [-0.15, -0.1) is 0 Å². The maximum absolute atomic E-state index is 13.1. The van der Waals surface area contributed by atoms with Crippen molar-refractivity contribution in [3.8, 4) is 0 Å². The maximum atomic E-state index is 13.1. The molecule has 0 saturated heterocycles. The topological polar surface area (TPSA) is 112 Å². The van der Waals surface area contributed by atoms with Gasteiger partial charge in [0.1, 0.15) is 0 Å². The highest BCUT2D eigenvalue weighted by atomic mass is 32.2. The molecular weight excluding hydrogens is 430 g/mol. The molecule has 1 aliphatic rings. The standard InChI is InChI=1S/C23H19N3O5S/c27-22(16-5-2-1-3-6-16)26-12-4-7-15-8-9-17(13-20(15)26)25-32(29,30)18-10-11-21-19(14-18)24-23(28)31-21/h1-3,5-6,8-11,13-14,25H,4,7,12H2,(H,24,28). The zero-order valence-electron chi connectivity index (χ0n) is 16.9. The summed E-state index contributed by atoms with van der Waals surface area (Å²) in [6, 6.07) is 18.3. The first-order valence-corrected chi connectivity index (χ1v) is 11.5. The predicted molar refractivity (Wildman–Crippen MR) is 121 cm³/mol. The van der Waals surface area contributed by atoms with Crippen molar-refractivity contribution in [2.45, 2.75) is 17.7 Å². The third-order valence-electron chi connectivity index (χ3n) is 5.42. The van der Waals surface area contributed by atoms with E-state index >= 15 is 0 Å². The number of hydrogen-bond acceptors (Lipinski definition) is 5. The number of amides is 1. The molecule has 0 spiro atoms. The fourth-order valence-corrected chi connectivity index (χ4v) is 4.97.